The minimum absolute atomic E-state index is 0.585. The Morgan fingerprint density at radius 1 is 1.15 bits per heavy atom. The van der Waals surface area contributed by atoms with Crippen LogP contribution in [0.15, 0.2) is 0 Å². The molecule has 0 aromatic carbocycles. The molecule has 2 heterocycles. The molecule has 5 heteroatoms. The molecule has 2 aromatic rings. The van der Waals surface area contributed by atoms with Crippen molar-refractivity contribution in [2.75, 3.05) is 12.3 Å². The second-order valence-electron chi connectivity index (χ2n) is 5.63. The Morgan fingerprint density at radius 2 is 1.95 bits per heavy atom. The van der Waals surface area contributed by atoms with E-state index in [1.807, 2.05) is 0 Å². The molecular weight excluding hydrogens is 250 g/mol. The molecule has 0 bridgehead atoms. The number of imidazole rings is 1. The Bertz CT molecular complexity index is 629. The number of aryl methyl sites for hydroxylation is 4. The molecule has 3 rings (SSSR count). The minimum atomic E-state index is 0.585. The molecule has 20 heavy (non-hydrogen) atoms. The third kappa shape index (κ3) is 2.16. The van der Waals surface area contributed by atoms with Crippen LogP contribution in [-0.2, 0) is 19.4 Å². The molecule has 0 unspecified atom stereocenters. The number of fused-ring (bicyclic) bond motifs is 3. The van der Waals surface area contributed by atoms with E-state index in [2.05, 4.69) is 21.5 Å². The van der Waals surface area contributed by atoms with Crippen molar-refractivity contribution in [3.63, 3.8) is 0 Å². The van der Waals surface area contributed by atoms with Crippen LogP contribution in [0.3, 0.4) is 0 Å². The summed E-state index contributed by atoms with van der Waals surface area (Å²) in [7, 11) is 0. The number of hydrogen-bond donors (Lipinski definition) is 2. The highest BCUT2D eigenvalue weighted by Crippen LogP contribution is 2.31. The lowest BCUT2D eigenvalue weighted by atomic mass is 9.95. The highest BCUT2D eigenvalue weighted by Gasteiger charge is 2.21. The molecule has 4 N–H and O–H groups in total. The molecule has 0 amide bonds. The summed E-state index contributed by atoms with van der Waals surface area (Å²) in [4.78, 5) is 9.22. The van der Waals surface area contributed by atoms with Crippen molar-refractivity contribution in [1.82, 2.24) is 14.5 Å². The van der Waals surface area contributed by atoms with Gasteiger partial charge in [0.15, 0.2) is 5.82 Å². The van der Waals surface area contributed by atoms with E-state index in [0.717, 1.165) is 50.1 Å². The molecule has 0 spiro atoms. The zero-order chi connectivity index (χ0) is 14.1. The third-order valence-electron chi connectivity index (χ3n) is 4.22. The predicted molar refractivity (Wildman–Crippen MR) is 81.6 cm³/mol. The molecule has 0 radical (unpaired) electrons. The standard InChI is InChI=1S/C15H23N5/c1-10-18-13-14(20(10)9-5-4-8-16)11-6-2-3-7-12(11)19-15(13)17/h2-9,16H2,1H3,(H2,17,19). The summed E-state index contributed by atoms with van der Waals surface area (Å²) in [6, 6.07) is 0. The number of pyridine rings is 1. The van der Waals surface area contributed by atoms with E-state index in [9.17, 15) is 0 Å². The average Bonchev–Trinajstić information content (AvgIpc) is 2.78. The first kappa shape index (κ1) is 13.4. The Morgan fingerprint density at radius 3 is 2.75 bits per heavy atom. The first-order valence-corrected chi connectivity index (χ1v) is 7.56. The van der Waals surface area contributed by atoms with Crippen molar-refractivity contribution >= 4 is 16.9 Å². The number of nitrogens with two attached hydrogens (primary N) is 2. The topological polar surface area (TPSA) is 82.8 Å². The number of unbranched alkanes of at least 4 members (excludes halogenated alkanes) is 1. The highest BCUT2D eigenvalue weighted by atomic mass is 15.1. The molecule has 1 aliphatic carbocycles. The van der Waals surface area contributed by atoms with Crippen LogP contribution in [0, 0.1) is 6.92 Å². The number of nitrogens with zero attached hydrogens (tertiary/aromatic N) is 3. The Hall–Kier alpha value is -1.62. The number of hydrogen-bond acceptors (Lipinski definition) is 4. The maximum Gasteiger partial charge on any atom is 0.151 e. The summed E-state index contributed by atoms with van der Waals surface area (Å²) in [5, 5.41) is 0. The third-order valence-corrected chi connectivity index (χ3v) is 4.22. The van der Waals surface area contributed by atoms with Crippen LogP contribution in [0.4, 0.5) is 5.82 Å². The van der Waals surface area contributed by atoms with Gasteiger partial charge in [0.1, 0.15) is 11.3 Å². The van der Waals surface area contributed by atoms with Gasteiger partial charge in [-0.25, -0.2) is 9.97 Å². The zero-order valence-corrected chi connectivity index (χ0v) is 12.2. The number of aromatic nitrogens is 3. The van der Waals surface area contributed by atoms with E-state index in [4.69, 9.17) is 11.5 Å². The minimum Gasteiger partial charge on any atom is -0.382 e. The smallest absolute Gasteiger partial charge is 0.151 e. The number of anilines is 1. The number of rotatable bonds is 4. The van der Waals surface area contributed by atoms with Crippen molar-refractivity contribution in [3.8, 4) is 0 Å². The lowest BCUT2D eigenvalue weighted by Gasteiger charge is -2.18. The van der Waals surface area contributed by atoms with Crippen molar-refractivity contribution in [1.29, 1.82) is 0 Å². The van der Waals surface area contributed by atoms with Crippen LogP contribution in [-0.4, -0.2) is 21.1 Å². The van der Waals surface area contributed by atoms with Gasteiger partial charge in [-0.05, 0) is 57.6 Å². The Kier molecular flexibility index (Phi) is 3.61. The second-order valence-corrected chi connectivity index (χ2v) is 5.63. The van der Waals surface area contributed by atoms with Gasteiger partial charge in [-0.2, -0.15) is 0 Å². The Labute approximate surface area is 119 Å². The summed E-state index contributed by atoms with van der Waals surface area (Å²) in [5.41, 5.74) is 16.4. The lowest BCUT2D eigenvalue weighted by molar-refractivity contribution is 0.608. The van der Waals surface area contributed by atoms with Gasteiger partial charge in [0, 0.05) is 12.2 Å². The first-order chi connectivity index (χ1) is 9.72. The van der Waals surface area contributed by atoms with Crippen LogP contribution in [0.25, 0.3) is 11.0 Å². The van der Waals surface area contributed by atoms with Crippen LogP contribution < -0.4 is 11.5 Å². The monoisotopic (exact) mass is 273 g/mol. The van der Waals surface area contributed by atoms with Gasteiger partial charge in [-0.1, -0.05) is 0 Å². The molecule has 108 valence electrons. The molecule has 0 atom stereocenters. The van der Waals surface area contributed by atoms with Gasteiger partial charge in [-0.3, -0.25) is 0 Å². The summed E-state index contributed by atoms with van der Waals surface area (Å²) < 4.78 is 2.31. The van der Waals surface area contributed by atoms with Gasteiger partial charge in [0.2, 0.25) is 0 Å². The molecule has 1 aliphatic rings. The SMILES string of the molecule is Cc1nc2c(N)nc3c(c2n1CCCCN)CCCC3. The summed E-state index contributed by atoms with van der Waals surface area (Å²) in [6.07, 6.45) is 6.72. The highest BCUT2D eigenvalue weighted by molar-refractivity contribution is 5.89. The first-order valence-electron chi connectivity index (χ1n) is 7.56. The van der Waals surface area contributed by atoms with Crippen LogP contribution in [0.1, 0.15) is 42.8 Å². The van der Waals surface area contributed by atoms with Gasteiger partial charge < -0.3 is 16.0 Å². The normalized spacial score (nSPS) is 14.7. The van der Waals surface area contributed by atoms with E-state index in [-0.39, 0.29) is 0 Å². The van der Waals surface area contributed by atoms with Gasteiger partial charge in [-0.15, -0.1) is 0 Å². The molecular formula is C15H23N5. The molecule has 0 saturated carbocycles. The fraction of sp³-hybridized carbons (Fsp3) is 0.600. The van der Waals surface area contributed by atoms with E-state index in [1.54, 1.807) is 0 Å². The van der Waals surface area contributed by atoms with E-state index in [0.29, 0.717) is 5.82 Å². The van der Waals surface area contributed by atoms with Gasteiger partial charge >= 0.3 is 0 Å². The summed E-state index contributed by atoms with van der Waals surface area (Å²) >= 11 is 0. The van der Waals surface area contributed by atoms with Crippen LogP contribution in [0.2, 0.25) is 0 Å². The summed E-state index contributed by atoms with van der Waals surface area (Å²) in [5.74, 6) is 1.62. The van der Waals surface area contributed by atoms with E-state index in [1.165, 1.54) is 29.6 Å². The van der Waals surface area contributed by atoms with E-state index < -0.39 is 0 Å². The Balaban J connectivity index is 2.13. The van der Waals surface area contributed by atoms with Crippen LogP contribution in [0.5, 0.6) is 0 Å². The van der Waals surface area contributed by atoms with Crippen LogP contribution >= 0.6 is 0 Å². The molecule has 2 aromatic heterocycles. The zero-order valence-electron chi connectivity index (χ0n) is 12.2. The maximum atomic E-state index is 6.11. The maximum absolute atomic E-state index is 6.11. The molecule has 0 fully saturated rings. The largest absolute Gasteiger partial charge is 0.382 e. The van der Waals surface area contributed by atoms with Crippen molar-refractivity contribution in [2.45, 2.75) is 52.0 Å². The predicted octanol–water partition coefficient (Wildman–Crippen LogP) is 1.94. The molecule has 5 nitrogen and oxygen atoms in total. The molecule has 0 saturated heterocycles. The lowest BCUT2D eigenvalue weighted by Crippen LogP contribution is -2.11. The van der Waals surface area contributed by atoms with Gasteiger partial charge in [0.05, 0.1) is 5.52 Å². The van der Waals surface area contributed by atoms with E-state index >= 15 is 0 Å². The fourth-order valence-electron chi connectivity index (χ4n) is 3.20. The van der Waals surface area contributed by atoms with Crippen molar-refractivity contribution in [2.24, 2.45) is 5.73 Å². The quantitative estimate of drug-likeness (QED) is 0.834. The molecule has 0 aliphatic heterocycles. The fourth-order valence-corrected chi connectivity index (χ4v) is 3.20. The summed E-state index contributed by atoms with van der Waals surface area (Å²) in [6.45, 7) is 3.76. The second kappa shape index (κ2) is 5.40. The van der Waals surface area contributed by atoms with Crippen molar-refractivity contribution in [3.05, 3.63) is 17.1 Å². The number of nitrogen functional groups attached to an aromatic ring is 1. The van der Waals surface area contributed by atoms with Gasteiger partial charge in [0.25, 0.3) is 0 Å². The average molecular weight is 273 g/mol. The van der Waals surface area contributed by atoms with Crippen molar-refractivity contribution < 1.29 is 0 Å².